The SMILES string of the molecule is Cc1nnc(-c2ccc(-c3cnn4cccc(C5CCC(C#N)CC5)c34)cc2)o1. The van der Waals surface area contributed by atoms with Crippen LogP contribution in [0, 0.1) is 24.2 Å². The van der Waals surface area contributed by atoms with Crippen LogP contribution >= 0.6 is 0 Å². The highest BCUT2D eigenvalue weighted by molar-refractivity contribution is 5.83. The van der Waals surface area contributed by atoms with Crippen LogP contribution < -0.4 is 0 Å². The van der Waals surface area contributed by atoms with Crippen LogP contribution in [0.15, 0.2) is 53.2 Å². The molecule has 0 saturated heterocycles. The molecule has 1 saturated carbocycles. The molecule has 6 nitrogen and oxygen atoms in total. The van der Waals surface area contributed by atoms with Crippen molar-refractivity contribution in [1.29, 1.82) is 5.26 Å². The van der Waals surface area contributed by atoms with Crippen molar-refractivity contribution in [2.45, 2.75) is 38.5 Å². The Morgan fingerprint density at radius 3 is 2.48 bits per heavy atom. The largest absolute Gasteiger partial charge is 0.421 e. The van der Waals surface area contributed by atoms with Crippen LogP contribution in [0.25, 0.3) is 28.1 Å². The minimum Gasteiger partial charge on any atom is -0.421 e. The Morgan fingerprint density at radius 2 is 1.79 bits per heavy atom. The van der Waals surface area contributed by atoms with Gasteiger partial charge in [0.2, 0.25) is 11.8 Å². The van der Waals surface area contributed by atoms with Gasteiger partial charge in [-0.05, 0) is 60.9 Å². The van der Waals surface area contributed by atoms with Gasteiger partial charge < -0.3 is 4.42 Å². The van der Waals surface area contributed by atoms with Crippen molar-refractivity contribution in [2.75, 3.05) is 0 Å². The van der Waals surface area contributed by atoms with Crippen LogP contribution in [-0.2, 0) is 0 Å². The first-order valence-electron chi connectivity index (χ1n) is 9.99. The normalized spacial score (nSPS) is 19.3. The molecule has 29 heavy (non-hydrogen) atoms. The van der Waals surface area contributed by atoms with Crippen molar-refractivity contribution in [2.24, 2.45) is 5.92 Å². The van der Waals surface area contributed by atoms with Gasteiger partial charge in [0.25, 0.3) is 0 Å². The van der Waals surface area contributed by atoms with Gasteiger partial charge in [0.1, 0.15) is 0 Å². The second-order valence-electron chi connectivity index (χ2n) is 7.70. The highest BCUT2D eigenvalue weighted by Gasteiger charge is 2.25. The van der Waals surface area contributed by atoms with Crippen molar-refractivity contribution in [3.8, 4) is 28.7 Å². The smallest absolute Gasteiger partial charge is 0.247 e. The number of nitrogens with zero attached hydrogens (tertiary/aromatic N) is 5. The van der Waals surface area contributed by atoms with E-state index in [9.17, 15) is 5.26 Å². The number of rotatable bonds is 3. The monoisotopic (exact) mass is 383 g/mol. The minimum atomic E-state index is 0.205. The summed E-state index contributed by atoms with van der Waals surface area (Å²) in [6.45, 7) is 1.79. The molecule has 0 bridgehead atoms. The van der Waals surface area contributed by atoms with Crippen LogP contribution in [0.1, 0.15) is 43.1 Å². The second kappa shape index (κ2) is 7.17. The summed E-state index contributed by atoms with van der Waals surface area (Å²) in [5, 5.41) is 21.8. The Bertz CT molecular complexity index is 1190. The Labute approximate surface area is 168 Å². The number of fused-ring (bicyclic) bond motifs is 1. The lowest BCUT2D eigenvalue weighted by Gasteiger charge is -2.25. The zero-order valence-electron chi connectivity index (χ0n) is 16.2. The topological polar surface area (TPSA) is 80.0 Å². The number of pyridine rings is 1. The van der Waals surface area contributed by atoms with Crippen LogP contribution in [0.5, 0.6) is 0 Å². The molecule has 1 fully saturated rings. The first-order valence-corrected chi connectivity index (χ1v) is 9.99. The average Bonchev–Trinajstić information content (AvgIpc) is 3.40. The van der Waals surface area contributed by atoms with Gasteiger partial charge in [-0.3, -0.25) is 0 Å². The van der Waals surface area contributed by atoms with E-state index in [4.69, 9.17) is 4.42 Å². The zero-order chi connectivity index (χ0) is 19.8. The minimum absolute atomic E-state index is 0.205. The third kappa shape index (κ3) is 3.19. The average molecular weight is 383 g/mol. The van der Waals surface area contributed by atoms with Crippen LogP contribution in [-0.4, -0.2) is 19.8 Å². The summed E-state index contributed by atoms with van der Waals surface area (Å²) in [4.78, 5) is 0. The van der Waals surface area contributed by atoms with E-state index in [0.717, 1.165) is 47.9 Å². The maximum Gasteiger partial charge on any atom is 0.247 e. The first-order chi connectivity index (χ1) is 14.2. The summed E-state index contributed by atoms with van der Waals surface area (Å²) in [6.07, 6.45) is 7.99. The lowest BCUT2D eigenvalue weighted by atomic mass is 9.78. The third-order valence-corrected chi connectivity index (χ3v) is 5.89. The number of hydrogen-bond donors (Lipinski definition) is 0. The Balaban J connectivity index is 1.52. The van der Waals surface area contributed by atoms with Crippen molar-refractivity contribution >= 4 is 5.52 Å². The van der Waals surface area contributed by atoms with Gasteiger partial charge in [0.05, 0.1) is 17.8 Å². The summed E-state index contributed by atoms with van der Waals surface area (Å²) >= 11 is 0. The molecule has 1 aliphatic carbocycles. The van der Waals surface area contributed by atoms with Gasteiger partial charge in [-0.1, -0.05) is 18.2 Å². The molecule has 0 aliphatic heterocycles. The van der Waals surface area contributed by atoms with E-state index in [1.165, 1.54) is 5.56 Å². The molecule has 4 aromatic rings. The van der Waals surface area contributed by atoms with E-state index in [-0.39, 0.29) is 5.92 Å². The number of aryl methyl sites for hydroxylation is 1. The van der Waals surface area contributed by atoms with Gasteiger partial charge >= 0.3 is 0 Å². The number of aromatic nitrogens is 4. The Kier molecular flexibility index (Phi) is 4.36. The fraction of sp³-hybridized carbons (Fsp3) is 0.304. The van der Waals surface area contributed by atoms with E-state index in [1.54, 1.807) is 6.92 Å². The molecule has 0 unspecified atom stereocenters. The number of nitriles is 1. The fourth-order valence-corrected chi connectivity index (χ4v) is 4.35. The van der Waals surface area contributed by atoms with Gasteiger partial charge in [-0.15, -0.1) is 10.2 Å². The van der Waals surface area contributed by atoms with Crippen molar-refractivity contribution in [3.63, 3.8) is 0 Å². The van der Waals surface area contributed by atoms with E-state index < -0.39 is 0 Å². The van der Waals surface area contributed by atoms with Gasteiger partial charge in [-0.25, -0.2) is 4.52 Å². The molecule has 0 N–H and O–H groups in total. The first kappa shape index (κ1) is 17.6. The molecular formula is C23H21N5O. The van der Waals surface area contributed by atoms with Crippen LogP contribution in [0.2, 0.25) is 0 Å². The van der Waals surface area contributed by atoms with E-state index in [0.29, 0.717) is 17.7 Å². The van der Waals surface area contributed by atoms with Crippen molar-refractivity contribution in [1.82, 2.24) is 19.8 Å². The quantitative estimate of drug-likeness (QED) is 0.488. The highest BCUT2D eigenvalue weighted by atomic mass is 16.4. The predicted molar refractivity (Wildman–Crippen MR) is 109 cm³/mol. The lowest BCUT2D eigenvalue weighted by molar-refractivity contribution is 0.383. The summed E-state index contributed by atoms with van der Waals surface area (Å²) in [6, 6.07) is 14.9. The number of hydrogen-bond acceptors (Lipinski definition) is 5. The van der Waals surface area contributed by atoms with E-state index >= 15 is 0 Å². The van der Waals surface area contributed by atoms with Gasteiger partial charge in [0.15, 0.2) is 0 Å². The highest BCUT2D eigenvalue weighted by Crippen LogP contribution is 2.39. The molecule has 1 aliphatic rings. The van der Waals surface area contributed by atoms with Crippen molar-refractivity contribution in [3.05, 3.63) is 60.2 Å². The molecule has 5 rings (SSSR count). The summed E-state index contributed by atoms with van der Waals surface area (Å²) in [5.41, 5.74) is 5.62. The van der Waals surface area contributed by atoms with Gasteiger partial charge in [-0.2, -0.15) is 10.4 Å². The molecular weight excluding hydrogens is 362 g/mol. The van der Waals surface area contributed by atoms with E-state index in [2.05, 4.69) is 45.6 Å². The van der Waals surface area contributed by atoms with Crippen molar-refractivity contribution < 1.29 is 4.42 Å². The molecule has 0 atom stereocenters. The molecule has 144 valence electrons. The maximum absolute atomic E-state index is 9.21. The third-order valence-electron chi connectivity index (χ3n) is 5.89. The molecule has 0 amide bonds. The van der Waals surface area contributed by atoms with Crippen LogP contribution in [0.4, 0.5) is 0 Å². The molecule has 0 radical (unpaired) electrons. The molecule has 0 spiro atoms. The fourth-order valence-electron chi connectivity index (χ4n) is 4.35. The summed E-state index contributed by atoms with van der Waals surface area (Å²) in [5.74, 6) is 1.77. The van der Waals surface area contributed by atoms with E-state index in [1.807, 2.05) is 29.0 Å². The predicted octanol–water partition coefficient (Wildman–Crippen LogP) is 5.16. The molecule has 3 heterocycles. The molecule has 6 heteroatoms. The van der Waals surface area contributed by atoms with Crippen LogP contribution in [0.3, 0.4) is 0 Å². The Morgan fingerprint density at radius 1 is 1.03 bits per heavy atom. The second-order valence-corrected chi connectivity index (χ2v) is 7.70. The zero-order valence-corrected chi connectivity index (χ0v) is 16.2. The number of benzene rings is 1. The molecule has 3 aromatic heterocycles. The van der Waals surface area contributed by atoms with Gasteiger partial charge in [0, 0.05) is 30.2 Å². The summed E-state index contributed by atoms with van der Waals surface area (Å²) in [7, 11) is 0. The summed E-state index contributed by atoms with van der Waals surface area (Å²) < 4.78 is 7.49. The standard InChI is InChI=1S/C23H21N5O/c1-15-26-27-23(29-15)19-10-8-18(9-11-19)21-14-25-28-12-2-3-20(22(21)28)17-6-4-16(13-24)5-7-17/h2-3,8-12,14,16-17H,4-7H2,1H3. The Hall–Kier alpha value is -3.46. The molecule has 1 aromatic carbocycles. The lowest BCUT2D eigenvalue weighted by Crippen LogP contribution is -2.12. The maximum atomic E-state index is 9.21.